The molecule has 0 aliphatic heterocycles. The van der Waals surface area contributed by atoms with Gasteiger partial charge in [0.2, 0.25) is 5.91 Å². The van der Waals surface area contributed by atoms with Crippen molar-refractivity contribution in [1.29, 1.82) is 0 Å². The Morgan fingerprint density at radius 1 is 1.09 bits per heavy atom. The van der Waals surface area contributed by atoms with Crippen molar-refractivity contribution in [2.45, 2.75) is 45.2 Å². The third-order valence-corrected chi connectivity index (χ3v) is 6.36. The second-order valence-corrected chi connectivity index (χ2v) is 8.84. The lowest BCUT2D eigenvalue weighted by molar-refractivity contribution is -0.384. The number of nitro benzene ring substituents is 1. The van der Waals surface area contributed by atoms with Gasteiger partial charge >= 0.3 is 0 Å². The Morgan fingerprint density at radius 2 is 1.80 bits per heavy atom. The summed E-state index contributed by atoms with van der Waals surface area (Å²) >= 11 is 0. The van der Waals surface area contributed by atoms with Gasteiger partial charge in [-0.15, -0.1) is 0 Å². The summed E-state index contributed by atoms with van der Waals surface area (Å²) < 4.78 is 15.8. The van der Waals surface area contributed by atoms with Gasteiger partial charge in [-0.25, -0.2) is 4.39 Å². The summed E-state index contributed by atoms with van der Waals surface area (Å²) in [5, 5.41) is 15.3. The Hall–Kier alpha value is -4.00. The number of non-ortho nitro benzene ring substituents is 1. The molecule has 0 unspecified atom stereocenters. The maximum atomic E-state index is 13.7. The van der Waals surface area contributed by atoms with Crippen LogP contribution in [0.5, 0.6) is 0 Å². The zero-order valence-electron chi connectivity index (χ0n) is 19.8. The third kappa shape index (κ3) is 5.57. The van der Waals surface area contributed by atoms with E-state index in [2.05, 4.69) is 5.32 Å². The van der Waals surface area contributed by atoms with Crippen molar-refractivity contribution >= 4 is 22.5 Å². The van der Waals surface area contributed by atoms with Gasteiger partial charge in [-0.1, -0.05) is 49.4 Å². The van der Waals surface area contributed by atoms with Gasteiger partial charge in [0.25, 0.3) is 5.69 Å². The largest absolute Gasteiger partial charge is 0.354 e. The van der Waals surface area contributed by atoms with Crippen LogP contribution in [0.1, 0.15) is 49.3 Å². The molecule has 0 spiro atoms. The fourth-order valence-electron chi connectivity index (χ4n) is 4.34. The summed E-state index contributed by atoms with van der Waals surface area (Å²) in [6.45, 7) is 4.52. The Labute approximate surface area is 203 Å². The predicted molar refractivity (Wildman–Crippen MR) is 135 cm³/mol. The highest BCUT2D eigenvalue weighted by atomic mass is 19.1. The van der Waals surface area contributed by atoms with Crippen LogP contribution in [0.15, 0.2) is 79.0 Å². The lowest BCUT2D eigenvalue weighted by Crippen LogP contribution is -2.33. The van der Waals surface area contributed by atoms with Crippen molar-refractivity contribution < 1.29 is 14.1 Å². The quantitative estimate of drug-likeness (QED) is 0.233. The third-order valence-electron chi connectivity index (χ3n) is 6.36. The van der Waals surface area contributed by atoms with E-state index in [9.17, 15) is 19.3 Å². The van der Waals surface area contributed by atoms with Gasteiger partial charge in [0.1, 0.15) is 5.82 Å². The Balaban J connectivity index is 1.85. The van der Waals surface area contributed by atoms with Crippen LogP contribution in [0.25, 0.3) is 10.9 Å². The standard InChI is InChI=1S/C28H28FN3O3/c1-3-19(2)30-28(33)16-24(21-9-11-22(29)12-10-21)26-18-31(17-20-7-5-4-6-8-20)27-14-13-23(32(34)35)15-25(26)27/h4-15,18-19,24H,3,16-17H2,1-2H3,(H,30,33)/t19-,24-/m1/s1. The molecule has 0 saturated heterocycles. The number of aromatic nitrogens is 1. The van der Waals surface area contributed by atoms with Gasteiger partial charge in [0.15, 0.2) is 0 Å². The minimum Gasteiger partial charge on any atom is -0.354 e. The first-order valence-corrected chi connectivity index (χ1v) is 11.7. The predicted octanol–water partition coefficient (Wildman–Crippen LogP) is 6.17. The number of amides is 1. The van der Waals surface area contributed by atoms with E-state index in [4.69, 9.17) is 0 Å². The van der Waals surface area contributed by atoms with Gasteiger partial charge in [-0.3, -0.25) is 14.9 Å². The molecular weight excluding hydrogens is 445 g/mol. The molecule has 180 valence electrons. The van der Waals surface area contributed by atoms with Crippen molar-refractivity contribution in [2.24, 2.45) is 0 Å². The van der Waals surface area contributed by atoms with E-state index < -0.39 is 10.8 Å². The number of carbonyl (C=O) groups is 1. The summed E-state index contributed by atoms with van der Waals surface area (Å²) in [5.74, 6) is -0.886. The van der Waals surface area contributed by atoms with Crippen molar-refractivity contribution in [3.8, 4) is 0 Å². The highest BCUT2D eigenvalue weighted by molar-refractivity contribution is 5.88. The molecular formula is C28H28FN3O3. The zero-order chi connectivity index (χ0) is 24.9. The minimum atomic E-state index is -0.416. The smallest absolute Gasteiger partial charge is 0.270 e. The summed E-state index contributed by atoms with van der Waals surface area (Å²) in [5.41, 5.74) is 3.48. The Kier molecular flexibility index (Phi) is 7.25. The summed E-state index contributed by atoms with van der Waals surface area (Å²) in [7, 11) is 0. The number of rotatable bonds is 9. The fourth-order valence-corrected chi connectivity index (χ4v) is 4.34. The van der Waals surface area contributed by atoms with Crippen LogP contribution >= 0.6 is 0 Å². The van der Waals surface area contributed by atoms with Crippen LogP contribution in [0, 0.1) is 15.9 Å². The number of hydrogen-bond donors (Lipinski definition) is 1. The normalized spacial score (nSPS) is 12.9. The first-order chi connectivity index (χ1) is 16.9. The van der Waals surface area contributed by atoms with Crippen LogP contribution in [-0.2, 0) is 11.3 Å². The van der Waals surface area contributed by atoms with Crippen molar-refractivity contribution in [2.75, 3.05) is 0 Å². The van der Waals surface area contributed by atoms with Crippen molar-refractivity contribution in [3.63, 3.8) is 0 Å². The highest BCUT2D eigenvalue weighted by Crippen LogP contribution is 2.37. The number of nitrogens with zero attached hydrogens (tertiary/aromatic N) is 2. The van der Waals surface area contributed by atoms with Gasteiger partial charge in [-0.2, -0.15) is 0 Å². The van der Waals surface area contributed by atoms with Crippen molar-refractivity contribution in [3.05, 3.63) is 112 Å². The molecule has 1 aromatic heterocycles. The van der Waals surface area contributed by atoms with Crippen LogP contribution < -0.4 is 5.32 Å². The first kappa shape index (κ1) is 24.1. The SMILES string of the molecule is CC[C@@H](C)NC(=O)C[C@H](c1ccc(F)cc1)c1cn(Cc2ccccc2)c2ccc([N+](=O)[O-])cc12. The lowest BCUT2D eigenvalue weighted by Gasteiger charge is -2.19. The number of carbonyl (C=O) groups excluding carboxylic acids is 1. The molecule has 7 heteroatoms. The summed E-state index contributed by atoms with van der Waals surface area (Å²) in [6, 6.07) is 20.9. The van der Waals surface area contributed by atoms with Crippen LogP contribution in [0.3, 0.4) is 0 Å². The van der Waals surface area contributed by atoms with Gasteiger partial charge in [0.05, 0.1) is 4.92 Å². The van der Waals surface area contributed by atoms with E-state index in [1.807, 2.05) is 54.9 Å². The molecule has 1 amide bonds. The summed E-state index contributed by atoms with van der Waals surface area (Å²) in [4.78, 5) is 24.1. The molecule has 2 atom stereocenters. The number of benzene rings is 3. The molecule has 4 aromatic rings. The number of hydrogen-bond acceptors (Lipinski definition) is 3. The van der Waals surface area contributed by atoms with E-state index in [0.717, 1.165) is 28.6 Å². The molecule has 35 heavy (non-hydrogen) atoms. The van der Waals surface area contributed by atoms with E-state index >= 15 is 0 Å². The number of nitro groups is 1. The van der Waals surface area contributed by atoms with Crippen LogP contribution in [0.2, 0.25) is 0 Å². The number of halogens is 1. The van der Waals surface area contributed by atoms with E-state index in [1.54, 1.807) is 24.3 Å². The first-order valence-electron chi connectivity index (χ1n) is 11.7. The molecule has 1 heterocycles. The molecule has 0 bridgehead atoms. The molecule has 0 aliphatic rings. The zero-order valence-corrected chi connectivity index (χ0v) is 19.8. The Bertz CT molecular complexity index is 1330. The average Bonchev–Trinajstić information content (AvgIpc) is 3.21. The molecule has 0 radical (unpaired) electrons. The highest BCUT2D eigenvalue weighted by Gasteiger charge is 2.25. The average molecular weight is 474 g/mol. The van der Waals surface area contributed by atoms with Gasteiger partial charge in [0, 0.05) is 54.2 Å². The molecule has 6 nitrogen and oxygen atoms in total. The second kappa shape index (κ2) is 10.5. The Morgan fingerprint density at radius 3 is 2.46 bits per heavy atom. The van der Waals surface area contributed by atoms with Crippen LogP contribution in [0.4, 0.5) is 10.1 Å². The van der Waals surface area contributed by atoms with E-state index in [0.29, 0.717) is 11.9 Å². The van der Waals surface area contributed by atoms with Crippen LogP contribution in [-0.4, -0.2) is 21.4 Å². The van der Waals surface area contributed by atoms with E-state index in [1.165, 1.54) is 18.2 Å². The molecule has 0 aliphatic carbocycles. The molecule has 0 fully saturated rings. The van der Waals surface area contributed by atoms with Crippen molar-refractivity contribution in [1.82, 2.24) is 9.88 Å². The second-order valence-electron chi connectivity index (χ2n) is 8.84. The molecule has 0 saturated carbocycles. The minimum absolute atomic E-state index is 0.0156. The molecule has 3 aromatic carbocycles. The molecule has 4 rings (SSSR count). The monoisotopic (exact) mass is 473 g/mol. The maximum Gasteiger partial charge on any atom is 0.270 e. The number of fused-ring (bicyclic) bond motifs is 1. The lowest BCUT2D eigenvalue weighted by atomic mass is 9.87. The maximum absolute atomic E-state index is 13.7. The topological polar surface area (TPSA) is 77.2 Å². The van der Waals surface area contributed by atoms with Gasteiger partial charge < -0.3 is 9.88 Å². The molecule has 1 N–H and O–H groups in total. The van der Waals surface area contributed by atoms with Gasteiger partial charge in [-0.05, 0) is 48.2 Å². The fraction of sp³-hybridized carbons (Fsp3) is 0.250. The number of nitrogens with one attached hydrogen (secondary N) is 1. The van der Waals surface area contributed by atoms with E-state index in [-0.39, 0.29) is 29.9 Å². The summed E-state index contributed by atoms with van der Waals surface area (Å²) in [6.07, 6.45) is 2.91.